The van der Waals surface area contributed by atoms with Crippen molar-refractivity contribution in [2.75, 3.05) is 7.05 Å². The molecular weight excluding hydrogens is 244 g/mol. The van der Waals surface area contributed by atoms with Crippen molar-refractivity contribution in [1.29, 1.82) is 0 Å². The number of carbonyl (C=O) groups excluding carboxylic acids is 1. The van der Waals surface area contributed by atoms with E-state index in [0.717, 1.165) is 32.1 Å². The molecule has 2 amide bonds. The number of hydrogen-bond acceptors (Lipinski definition) is 2. The molecule has 0 aliphatic heterocycles. The number of nitrogens with zero attached hydrogens (tertiary/aromatic N) is 1. The van der Waals surface area contributed by atoms with Gasteiger partial charge in [0.1, 0.15) is 5.54 Å². The Morgan fingerprint density at radius 3 is 2.21 bits per heavy atom. The van der Waals surface area contributed by atoms with Crippen LogP contribution in [0, 0.1) is 5.92 Å². The zero-order valence-electron chi connectivity index (χ0n) is 11.8. The van der Waals surface area contributed by atoms with Crippen molar-refractivity contribution in [1.82, 2.24) is 10.2 Å². The highest BCUT2D eigenvalue weighted by molar-refractivity contribution is 5.86. The van der Waals surface area contributed by atoms with Crippen LogP contribution >= 0.6 is 0 Å². The molecule has 0 aromatic carbocycles. The van der Waals surface area contributed by atoms with E-state index in [4.69, 9.17) is 0 Å². The number of urea groups is 1. The van der Waals surface area contributed by atoms with Crippen LogP contribution in [0.15, 0.2) is 0 Å². The van der Waals surface area contributed by atoms with E-state index in [1.807, 2.05) is 0 Å². The fourth-order valence-electron chi connectivity index (χ4n) is 2.88. The summed E-state index contributed by atoms with van der Waals surface area (Å²) in [4.78, 5) is 25.4. The van der Waals surface area contributed by atoms with Gasteiger partial charge in [0.05, 0.1) is 0 Å². The van der Waals surface area contributed by atoms with Crippen LogP contribution in [0.4, 0.5) is 4.79 Å². The number of carboxylic acid groups (broad SMARTS) is 1. The number of carbonyl (C=O) groups is 2. The van der Waals surface area contributed by atoms with Gasteiger partial charge in [-0.3, -0.25) is 0 Å². The van der Waals surface area contributed by atoms with Crippen LogP contribution in [0.3, 0.4) is 0 Å². The Bertz CT molecular complexity index is 358. The van der Waals surface area contributed by atoms with Gasteiger partial charge in [0.2, 0.25) is 0 Å². The summed E-state index contributed by atoms with van der Waals surface area (Å²) in [6.45, 7) is 2.13. The SMILES string of the molecule is CC1CCC(NC(=O)N(C)C2CCC2)(C(=O)O)CC1. The highest BCUT2D eigenvalue weighted by atomic mass is 16.4. The summed E-state index contributed by atoms with van der Waals surface area (Å²) in [5.74, 6) is -0.344. The molecule has 2 fully saturated rings. The molecule has 0 spiro atoms. The molecule has 2 saturated carbocycles. The van der Waals surface area contributed by atoms with Crippen LogP contribution in [-0.4, -0.2) is 40.6 Å². The van der Waals surface area contributed by atoms with Crippen molar-refractivity contribution in [3.05, 3.63) is 0 Å². The minimum absolute atomic E-state index is 0.235. The first-order valence-corrected chi connectivity index (χ1v) is 7.23. The molecule has 108 valence electrons. The first-order valence-electron chi connectivity index (χ1n) is 7.23. The predicted molar refractivity (Wildman–Crippen MR) is 71.9 cm³/mol. The van der Waals surface area contributed by atoms with Crippen LogP contribution in [0.2, 0.25) is 0 Å². The third kappa shape index (κ3) is 2.85. The molecule has 0 bridgehead atoms. The Hall–Kier alpha value is -1.26. The van der Waals surface area contributed by atoms with Crippen LogP contribution in [0.25, 0.3) is 0 Å². The molecule has 0 aromatic heterocycles. The van der Waals surface area contributed by atoms with Gasteiger partial charge in [-0.15, -0.1) is 0 Å². The molecule has 5 nitrogen and oxygen atoms in total. The van der Waals surface area contributed by atoms with Gasteiger partial charge in [-0.2, -0.15) is 0 Å². The average molecular weight is 268 g/mol. The van der Waals surface area contributed by atoms with Crippen LogP contribution < -0.4 is 5.32 Å². The minimum Gasteiger partial charge on any atom is -0.480 e. The zero-order chi connectivity index (χ0) is 14.0. The average Bonchev–Trinajstić information content (AvgIpc) is 2.29. The lowest BCUT2D eigenvalue weighted by Crippen LogP contribution is -2.60. The normalized spacial score (nSPS) is 31.4. The maximum Gasteiger partial charge on any atom is 0.329 e. The lowest BCUT2D eigenvalue weighted by atomic mass is 9.77. The lowest BCUT2D eigenvalue weighted by molar-refractivity contribution is -0.146. The Morgan fingerprint density at radius 2 is 1.79 bits per heavy atom. The number of nitrogens with one attached hydrogen (secondary N) is 1. The monoisotopic (exact) mass is 268 g/mol. The topological polar surface area (TPSA) is 69.6 Å². The third-order valence-corrected chi connectivity index (χ3v) is 4.83. The zero-order valence-corrected chi connectivity index (χ0v) is 11.8. The molecule has 0 unspecified atom stereocenters. The fraction of sp³-hybridized carbons (Fsp3) is 0.857. The Balaban J connectivity index is 2.00. The molecule has 0 radical (unpaired) electrons. The number of rotatable bonds is 3. The molecule has 2 aliphatic carbocycles. The molecule has 2 aliphatic rings. The van der Waals surface area contributed by atoms with E-state index in [1.54, 1.807) is 11.9 Å². The molecule has 2 N–H and O–H groups in total. The van der Waals surface area contributed by atoms with Crippen LogP contribution in [0.1, 0.15) is 51.9 Å². The van der Waals surface area contributed by atoms with Gasteiger partial charge in [0.25, 0.3) is 0 Å². The highest BCUT2D eigenvalue weighted by Gasteiger charge is 2.43. The summed E-state index contributed by atoms with van der Waals surface area (Å²) >= 11 is 0. The second-order valence-corrected chi connectivity index (χ2v) is 6.20. The highest BCUT2D eigenvalue weighted by Crippen LogP contribution is 2.33. The first kappa shape index (κ1) is 14.2. The predicted octanol–water partition coefficient (Wildman–Crippen LogP) is 2.21. The first-order chi connectivity index (χ1) is 8.94. The molecule has 0 atom stereocenters. The Labute approximate surface area is 114 Å². The van der Waals surface area contributed by atoms with E-state index in [0.29, 0.717) is 18.8 Å². The second-order valence-electron chi connectivity index (χ2n) is 6.20. The second kappa shape index (κ2) is 5.39. The van der Waals surface area contributed by atoms with Gasteiger partial charge in [-0.05, 0) is 50.9 Å². The summed E-state index contributed by atoms with van der Waals surface area (Å²) in [5.41, 5.74) is -1.05. The standard InChI is InChI=1S/C14H24N2O3/c1-10-6-8-14(9-7-10,12(17)18)15-13(19)16(2)11-4-3-5-11/h10-11H,3-9H2,1-2H3,(H,15,19)(H,17,18). The summed E-state index contributed by atoms with van der Waals surface area (Å²) < 4.78 is 0. The van der Waals surface area contributed by atoms with Crippen molar-refractivity contribution >= 4 is 12.0 Å². The van der Waals surface area contributed by atoms with Gasteiger partial charge < -0.3 is 15.3 Å². The van der Waals surface area contributed by atoms with Crippen molar-refractivity contribution in [2.24, 2.45) is 5.92 Å². The Kier molecular flexibility index (Phi) is 4.02. The quantitative estimate of drug-likeness (QED) is 0.824. The van der Waals surface area contributed by atoms with Crippen LogP contribution in [0.5, 0.6) is 0 Å². The minimum atomic E-state index is -1.05. The number of aliphatic carboxylic acids is 1. The smallest absolute Gasteiger partial charge is 0.329 e. The molecule has 0 heterocycles. The molecule has 5 heteroatoms. The summed E-state index contributed by atoms with van der Waals surface area (Å²) in [7, 11) is 1.76. The van der Waals surface area contributed by atoms with Crippen molar-refractivity contribution in [3.63, 3.8) is 0 Å². The third-order valence-electron chi connectivity index (χ3n) is 4.83. The van der Waals surface area contributed by atoms with E-state index in [-0.39, 0.29) is 12.1 Å². The summed E-state index contributed by atoms with van der Waals surface area (Å²) in [5, 5.41) is 12.3. The van der Waals surface area contributed by atoms with E-state index in [2.05, 4.69) is 12.2 Å². The van der Waals surface area contributed by atoms with E-state index in [1.165, 1.54) is 0 Å². The van der Waals surface area contributed by atoms with E-state index >= 15 is 0 Å². The van der Waals surface area contributed by atoms with Gasteiger partial charge in [0, 0.05) is 13.1 Å². The molecule has 0 saturated heterocycles. The van der Waals surface area contributed by atoms with Gasteiger partial charge in [0.15, 0.2) is 0 Å². The summed E-state index contributed by atoms with van der Waals surface area (Å²) in [6.07, 6.45) is 6.01. The number of hydrogen-bond donors (Lipinski definition) is 2. The van der Waals surface area contributed by atoms with Crippen LogP contribution in [-0.2, 0) is 4.79 Å². The fourth-order valence-corrected chi connectivity index (χ4v) is 2.88. The lowest BCUT2D eigenvalue weighted by Gasteiger charge is -2.40. The number of carboxylic acids is 1. The summed E-state index contributed by atoms with van der Waals surface area (Å²) in [6, 6.07) is 0.0509. The molecule has 0 aromatic rings. The van der Waals surface area contributed by atoms with Crippen molar-refractivity contribution < 1.29 is 14.7 Å². The van der Waals surface area contributed by atoms with Gasteiger partial charge in [-0.25, -0.2) is 9.59 Å². The largest absolute Gasteiger partial charge is 0.480 e. The number of amides is 2. The van der Waals surface area contributed by atoms with E-state index < -0.39 is 11.5 Å². The van der Waals surface area contributed by atoms with Crippen molar-refractivity contribution in [2.45, 2.75) is 63.5 Å². The van der Waals surface area contributed by atoms with E-state index in [9.17, 15) is 14.7 Å². The molecular formula is C14H24N2O3. The maximum absolute atomic E-state index is 12.2. The van der Waals surface area contributed by atoms with Crippen molar-refractivity contribution in [3.8, 4) is 0 Å². The van der Waals surface area contributed by atoms with Gasteiger partial charge >= 0.3 is 12.0 Å². The Morgan fingerprint density at radius 1 is 1.21 bits per heavy atom. The maximum atomic E-state index is 12.2. The van der Waals surface area contributed by atoms with Gasteiger partial charge in [-0.1, -0.05) is 6.92 Å². The molecule has 2 rings (SSSR count). The molecule has 19 heavy (non-hydrogen) atoms.